The van der Waals surface area contributed by atoms with Crippen LogP contribution < -0.4 is 5.73 Å². The SMILES string of the molecule is COCCN(C)S(=O)(=O)c1cccc(N)c1C. The Bertz CT molecular complexity index is 485. The lowest BCUT2D eigenvalue weighted by Crippen LogP contribution is -2.30. The van der Waals surface area contributed by atoms with Crippen molar-refractivity contribution in [3.63, 3.8) is 0 Å². The van der Waals surface area contributed by atoms with Gasteiger partial charge in [-0.25, -0.2) is 8.42 Å². The molecule has 0 aliphatic carbocycles. The molecular weight excluding hydrogens is 240 g/mol. The number of hydrogen-bond donors (Lipinski definition) is 1. The van der Waals surface area contributed by atoms with Crippen molar-refractivity contribution < 1.29 is 13.2 Å². The van der Waals surface area contributed by atoms with E-state index in [0.29, 0.717) is 24.4 Å². The first kappa shape index (κ1) is 14.0. The molecule has 5 nitrogen and oxygen atoms in total. The molecule has 1 aromatic rings. The van der Waals surface area contributed by atoms with Crippen LogP contribution in [-0.4, -0.2) is 40.0 Å². The predicted molar refractivity (Wildman–Crippen MR) is 67.3 cm³/mol. The fourth-order valence-electron chi connectivity index (χ4n) is 1.42. The van der Waals surface area contributed by atoms with Crippen LogP contribution in [0.3, 0.4) is 0 Å². The molecule has 0 unspecified atom stereocenters. The molecule has 0 saturated carbocycles. The van der Waals surface area contributed by atoms with E-state index in [1.54, 1.807) is 25.1 Å². The number of sulfonamides is 1. The van der Waals surface area contributed by atoms with Gasteiger partial charge in [0.1, 0.15) is 0 Å². The molecule has 0 aromatic heterocycles. The van der Waals surface area contributed by atoms with Gasteiger partial charge in [-0.3, -0.25) is 0 Å². The summed E-state index contributed by atoms with van der Waals surface area (Å²) in [6, 6.07) is 4.88. The lowest BCUT2D eigenvalue weighted by atomic mass is 10.2. The van der Waals surface area contributed by atoms with Crippen molar-refractivity contribution in [2.75, 3.05) is 33.0 Å². The van der Waals surface area contributed by atoms with E-state index < -0.39 is 10.0 Å². The highest BCUT2D eigenvalue weighted by Gasteiger charge is 2.22. The number of nitrogens with two attached hydrogens (primary N) is 1. The van der Waals surface area contributed by atoms with Crippen molar-refractivity contribution >= 4 is 15.7 Å². The Hall–Kier alpha value is -1.11. The minimum atomic E-state index is -3.49. The Kier molecular flexibility index (Phi) is 4.50. The monoisotopic (exact) mass is 258 g/mol. The molecule has 0 aliphatic heterocycles. The van der Waals surface area contributed by atoms with Gasteiger partial charge in [-0.05, 0) is 24.6 Å². The molecule has 0 radical (unpaired) electrons. The third-order valence-electron chi connectivity index (χ3n) is 2.62. The zero-order valence-electron chi connectivity index (χ0n) is 10.3. The van der Waals surface area contributed by atoms with Crippen LogP contribution in [0.15, 0.2) is 23.1 Å². The second-order valence-corrected chi connectivity index (χ2v) is 5.80. The summed E-state index contributed by atoms with van der Waals surface area (Å²) in [4.78, 5) is 0.246. The number of likely N-dealkylation sites (N-methyl/N-ethyl adjacent to an activating group) is 1. The maximum Gasteiger partial charge on any atom is 0.243 e. The number of hydrogen-bond acceptors (Lipinski definition) is 4. The first-order chi connectivity index (χ1) is 7.91. The smallest absolute Gasteiger partial charge is 0.243 e. The molecule has 96 valence electrons. The number of anilines is 1. The van der Waals surface area contributed by atoms with Gasteiger partial charge < -0.3 is 10.5 Å². The van der Waals surface area contributed by atoms with Crippen LogP contribution >= 0.6 is 0 Å². The zero-order valence-corrected chi connectivity index (χ0v) is 11.1. The van der Waals surface area contributed by atoms with Gasteiger partial charge in [0.05, 0.1) is 11.5 Å². The van der Waals surface area contributed by atoms with Crippen molar-refractivity contribution in [3.8, 4) is 0 Å². The second kappa shape index (κ2) is 5.48. The highest BCUT2D eigenvalue weighted by Crippen LogP contribution is 2.22. The number of rotatable bonds is 5. The Balaban J connectivity index is 3.09. The molecule has 0 heterocycles. The molecule has 17 heavy (non-hydrogen) atoms. The van der Waals surface area contributed by atoms with Crippen LogP contribution in [0.4, 0.5) is 5.69 Å². The highest BCUT2D eigenvalue weighted by molar-refractivity contribution is 7.89. The van der Waals surface area contributed by atoms with Crippen LogP contribution in [0, 0.1) is 6.92 Å². The Morgan fingerprint density at radius 3 is 2.65 bits per heavy atom. The molecule has 0 atom stereocenters. The van der Waals surface area contributed by atoms with Gasteiger partial charge in [-0.2, -0.15) is 4.31 Å². The number of ether oxygens (including phenoxy) is 1. The van der Waals surface area contributed by atoms with E-state index in [9.17, 15) is 8.42 Å². The molecule has 6 heteroatoms. The Morgan fingerprint density at radius 2 is 2.06 bits per heavy atom. The van der Waals surface area contributed by atoms with Gasteiger partial charge in [0.2, 0.25) is 10.0 Å². The van der Waals surface area contributed by atoms with Gasteiger partial charge >= 0.3 is 0 Å². The lowest BCUT2D eigenvalue weighted by molar-refractivity contribution is 0.185. The van der Waals surface area contributed by atoms with Gasteiger partial charge in [0.25, 0.3) is 0 Å². The maximum absolute atomic E-state index is 12.2. The van der Waals surface area contributed by atoms with Gasteiger partial charge in [-0.1, -0.05) is 6.07 Å². The minimum Gasteiger partial charge on any atom is -0.398 e. The molecule has 1 aromatic carbocycles. The molecular formula is C11H18N2O3S. The van der Waals surface area contributed by atoms with E-state index in [0.717, 1.165) is 0 Å². The molecule has 0 spiro atoms. The average Bonchev–Trinajstić information content (AvgIpc) is 2.29. The van der Waals surface area contributed by atoms with E-state index in [1.807, 2.05) is 0 Å². The first-order valence-corrected chi connectivity index (χ1v) is 6.65. The number of nitrogens with zero attached hydrogens (tertiary/aromatic N) is 1. The summed E-state index contributed by atoms with van der Waals surface area (Å²) in [6.07, 6.45) is 0. The highest BCUT2D eigenvalue weighted by atomic mass is 32.2. The normalized spacial score (nSPS) is 12.0. The predicted octanol–water partition coefficient (Wildman–Crippen LogP) is 0.844. The molecule has 2 N–H and O–H groups in total. The summed E-state index contributed by atoms with van der Waals surface area (Å²) < 4.78 is 30.6. The van der Waals surface area contributed by atoms with Crippen molar-refractivity contribution in [1.82, 2.24) is 4.31 Å². The fourth-order valence-corrected chi connectivity index (χ4v) is 2.82. The molecule has 0 saturated heterocycles. The number of methoxy groups -OCH3 is 1. The summed E-state index contributed by atoms with van der Waals surface area (Å²) in [5.41, 5.74) is 6.77. The van der Waals surface area contributed by atoms with Crippen molar-refractivity contribution in [3.05, 3.63) is 23.8 Å². The number of nitrogen functional groups attached to an aromatic ring is 1. The molecule has 0 amide bonds. The van der Waals surface area contributed by atoms with Gasteiger partial charge in [0.15, 0.2) is 0 Å². The van der Waals surface area contributed by atoms with E-state index >= 15 is 0 Å². The molecule has 1 rings (SSSR count). The largest absolute Gasteiger partial charge is 0.398 e. The number of benzene rings is 1. The van der Waals surface area contributed by atoms with Gasteiger partial charge in [0, 0.05) is 26.4 Å². The van der Waals surface area contributed by atoms with Crippen LogP contribution in [0.2, 0.25) is 0 Å². The molecule has 0 bridgehead atoms. The van der Waals surface area contributed by atoms with E-state index in [4.69, 9.17) is 10.5 Å². The van der Waals surface area contributed by atoms with E-state index in [1.165, 1.54) is 18.5 Å². The summed E-state index contributed by atoms with van der Waals surface area (Å²) in [5, 5.41) is 0. The summed E-state index contributed by atoms with van der Waals surface area (Å²) in [5.74, 6) is 0. The topological polar surface area (TPSA) is 72.6 Å². The van der Waals surface area contributed by atoms with Gasteiger partial charge in [-0.15, -0.1) is 0 Å². The maximum atomic E-state index is 12.2. The Labute approximate surface area is 102 Å². The quantitative estimate of drug-likeness (QED) is 0.794. The van der Waals surface area contributed by atoms with Crippen LogP contribution in [0.25, 0.3) is 0 Å². The summed E-state index contributed by atoms with van der Waals surface area (Å²) >= 11 is 0. The molecule has 0 fully saturated rings. The average molecular weight is 258 g/mol. The fraction of sp³-hybridized carbons (Fsp3) is 0.455. The first-order valence-electron chi connectivity index (χ1n) is 5.21. The third kappa shape index (κ3) is 2.96. The van der Waals surface area contributed by atoms with E-state index in [2.05, 4.69) is 0 Å². The van der Waals surface area contributed by atoms with Crippen LogP contribution in [-0.2, 0) is 14.8 Å². The zero-order chi connectivity index (χ0) is 13.1. The standard InChI is InChI=1S/C11H18N2O3S/c1-9-10(12)5-4-6-11(9)17(14,15)13(2)7-8-16-3/h4-6H,7-8,12H2,1-3H3. The second-order valence-electron chi connectivity index (χ2n) is 3.79. The summed E-state index contributed by atoms with van der Waals surface area (Å²) in [6.45, 7) is 2.37. The van der Waals surface area contributed by atoms with Crippen LogP contribution in [0.5, 0.6) is 0 Å². The van der Waals surface area contributed by atoms with Crippen molar-refractivity contribution in [1.29, 1.82) is 0 Å². The third-order valence-corrected chi connectivity index (χ3v) is 4.63. The minimum absolute atomic E-state index is 0.246. The lowest BCUT2D eigenvalue weighted by Gasteiger charge is -2.18. The van der Waals surface area contributed by atoms with Crippen molar-refractivity contribution in [2.45, 2.75) is 11.8 Å². The van der Waals surface area contributed by atoms with E-state index in [-0.39, 0.29) is 4.90 Å². The summed E-state index contributed by atoms with van der Waals surface area (Å²) in [7, 11) is -0.432. The Morgan fingerprint density at radius 1 is 1.41 bits per heavy atom. The van der Waals surface area contributed by atoms with Crippen molar-refractivity contribution in [2.24, 2.45) is 0 Å². The van der Waals surface area contributed by atoms with Crippen LogP contribution in [0.1, 0.15) is 5.56 Å². The molecule has 0 aliphatic rings.